The Morgan fingerprint density at radius 1 is 1.21 bits per heavy atom. The maximum absolute atomic E-state index is 9.46. The van der Waals surface area contributed by atoms with E-state index in [-0.39, 0.29) is 12.2 Å². The third kappa shape index (κ3) is 8.44. The summed E-state index contributed by atoms with van der Waals surface area (Å²) in [6.45, 7) is 7.55. The van der Waals surface area contributed by atoms with Gasteiger partial charge in [0.25, 0.3) is 0 Å². The van der Waals surface area contributed by atoms with Gasteiger partial charge >= 0.3 is 0 Å². The molecule has 0 bridgehead atoms. The lowest BCUT2D eigenvalue weighted by molar-refractivity contribution is 0.00502. The molecule has 0 aliphatic heterocycles. The predicted molar refractivity (Wildman–Crippen MR) is 56.4 cm³/mol. The molecule has 4 nitrogen and oxygen atoms in total. The van der Waals surface area contributed by atoms with E-state index in [0.717, 1.165) is 6.54 Å². The van der Waals surface area contributed by atoms with Crippen molar-refractivity contribution in [1.82, 2.24) is 5.32 Å². The molecule has 0 aliphatic rings. The Kier molecular flexibility index (Phi) is 8.08. The molecule has 0 aliphatic carbocycles. The van der Waals surface area contributed by atoms with Gasteiger partial charge in [0.05, 0.1) is 24.9 Å². The van der Waals surface area contributed by atoms with Gasteiger partial charge in [0.1, 0.15) is 0 Å². The molecule has 0 heterocycles. The average molecular weight is 205 g/mol. The van der Waals surface area contributed by atoms with Gasteiger partial charge in [-0.1, -0.05) is 0 Å². The molecule has 0 aromatic rings. The zero-order chi connectivity index (χ0) is 11.0. The van der Waals surface area contributed by atoms with Crippen LogP contribution < -0.4 is 5.32 Å². The zero-order valence-corrected chi connectivity index (χ0v) is 9.62. The number of rotatable bonds is 8. The molecule has 0 amide bonds. The molecule has 2 N–H and O–H groups in total. The second-order valence-electron chi connectivity index (χ2n) is 3.74. The van der Waals surface area contributed by atoms with E-state index in [0.29, 0.717) is 13.2 Å². The minimum absolute atomic E-state index is 0.169. The minimum atomic E-state index is -0.443. The van der Waals surface area contributed by atoms with E-state index in [1.807, 2.05) is 20.8 Å². The summed E-state index contributed by atoms with van der Waals surface area (Å²) in [5.41, 5.74) is 0. The summed E-state index contributed by atoms with van der Waals surface area (Å²) in [5.74, 6) is 0. The monoisotopic (exact) mass is 205 g/mol. The third-order valence-electron chi connectivity index (χ3n) is 1.84. The van der Waals surface area contributed by atoms with Crippen molar-refractivity contribution in [3.05, 3.63) is 0 Å². The summed E-state index contributed by atoms with van der Waals surface area (Å²) < 4.78 is 10.3. The minimum Gasteiger partial charge on any atom is -0.389 e. The van der Waals surface area contributed by atoms with Crippen LogP contribution in [0.4, 0.5) is 0 Å². The third-order valence-corrected chi connectivity index (χ3v) is 1.84. The summed E-state index contributed by atoms with van der Waals surface area (Å²) in [6.07, 6.45) is -0.0998. The van der Waals surface area contributed by atoms with Gasteiger partial charge in [-0.05, 0) is 20.8 Å². The fraction of sp³-hybridized carbons (Fsp3) is 1.00. The molecule has 2 atom stereocenters. The van der Waals surface area contributed by atoms with Crippen molar-refractivity contribution in [3.63, 3.8) is 0 Å². The van der Waals surface area contributed by atoms with Crippen LogP contribution in [0.15, 0.2) is 0 Å². The van der Waals surface area contributed by atoms with Crippen LogP contribution >= 0.6 is 0 Å². The summed E-state index contributed by atoms with van der Waals surface area (Å²) in [6, 6.07) is 0. The molecule has 0 spiro atoms. The van der Waals surface area contributed by atoms with Crippen molar-refractivity contribution in [2.45, 2.75) is 39.1 Å². The van der Waals surface area contributed by atoms with E-state index in [1.165, 1.54) is 0 Å². The Morgan fingerprint density at radius 3 is 2.36 bits per heavy atom. The van der Waals surface area contributed by atoms with Gasteiger partial charge in [-0.2, -0.15) is 0 Å². The molecule has 0 rings (SSSR count). The molecule has 0 saturated heterocycles. The normalized spacial score (nSPS) is 15.9. The van der Waals surface area contributed by atoms with Crippen LogP contribution in [0.3, 0.4) is 0 Å². The topological polar surface area (TPSA) is 50.7 Å². The van der Waals surface area contributed by atoms with Crippen LogP contribution in [0.25, 0.3) is 0 Å². The second-order valence-corrected chi connectivity index (χ2v) is 3.74. The molecular formula is C10H23NO3. The van der Waals surface area contributed by atoms with Gasteiger partial charge in [0, 0.05) is 20.2 Å². The van der Waals surface area contributed by atoms with E-state index in [9.17, 15) is 5.11 Å². The molecule has 14 heavy (non-hydrogen) atoms. The Morgan fingerprint density at radius 2 is 1.86 bits per heavy atom. The Balaban J connectivity index is 3.30. The highest BCUT2D eigenvalue weighted by molar-refractivity contribution is 4.61. The number of methoxy groups -OCH3 is 1. The highest BCUT2D eigenvalue weighted by atomic mass is 16.5. The summed E-state index contributed by atoms with van der Waals surface area (Å²) >= 11 is 0. The number of hydrogen-bond donors (Lipinski definition) is 2. The summed E-state index contributed by atoms with van der Waals surface area (Å²) in [4.78, 5) is 0. The maximum atomic E-state index is 9.46. The SMILES string of the molecule is COC(C)CNCC(O)COC(C)C. The highest BCUT2D eigenvalue weighted by Crippen LogP contribution is 1.91. The van der Waals surface area contributed by atoms with Gasteiger partial charge in [0.2, 0.25) is 0 Å². The van der Waals surface area contributed by atoms with E-state index in [1.54, 1.807) is 7.11 Å². The quantitative estimate of drug-likeness (QED) is 0.602. The lowest BCUT2D eigenvalue weighted by atomic mass is 10.3. The molecule has 0 aromatic heterocycles. The summed E-state index contributed by atoms with van der Waals surface area (Å²) in [7, 11) is 1.67. The van der Waals surface area contributed by atoms with Crippen molar-refractivity contribution in [2.75, 3.05) is 26.8 Å². The molecule has 0 aromatic carbocycles. The number of aliphatic hydroxyl groups is 1. The average Bonchev–Trinajstić information content (AvgIpc) is 2.14. The van der Waals surface area contributed by atoms with Gasteiger partial charge in [0.15, 0.2) is 0 Å². The summed E-state index contributed by atoms with van der Waals surface area (Å²) in [5, 5.41) is 12.6. The number of ether oxygens (including phenoxy) is 2. The fourth-order valence-corrected chi connectivity index (χ4v) is 0.899. The van der Waals surface area contributed by atoms with Gasteiger partial charge in [-0.25, -0.2) is 0 Å². The molecule has 0 saturated carbocycles. The van der Waals surface area contributed by atoms with E-state index >= 15 is 0 Å². The Hall–Kier alpha value is -0.160. The van der Waals surface area contributed by atoms with E-state index in [4.69, 9.17) is 9.47 Å². The lowest BCUT2D eigenvalue weighted by Gasteiger charge is -2.15. The Labute approximate surface area is 86.6 Å². The van der Waals surface area contributed by atoms with Crippen molar-refractivity contribution in [2.24, 2.45) is 0 Å². The van der Waals surface area contributed by atoms with Crippen molar-refractivity contribution in [1.29, 1.82) is 0 Å². The van der Waals surface area contributed by atoms with Crippen LogP contribution in [-0.2, 0) is 9.47 Å². The second kappa shape index (κ2) is 8.17. The Bertz CT molecular complexity index is 131. The van der Waals surface area contributed by atoms with Crippen LogP contribution in [0.2, 0.25) is 0 Å². The number of aliphatic hydroxyl groups excluding tert-OH is 1. The van der Waals surface area contributed by atoms with Crippen LogP contribution in [-0.4, -0.2) is 50.2 Å². The molecule has 86 valence electrons. The predicted octanol–water partition coefficient (Wildman–Crippen LogP) is 0.397. The largest absolute Gasteiger partial charge is 0.389 e. The first kappa shape index (κ1) is 13.8. The van der Waals surface area contributed by atoms with E-state index in [2.05, 4.69) is 5.32 Å². The number of hydrogen-bond acceptors (Lipinski definition) is 4. The maximum Gasteiger partial charge on any atom is 0.0897 e. The van der Waals surface area contributed by atoms with E-state index < -0.39 is 6.10 Å². The van der Waals surface area contributed by atoms with Crippen LogP contribution in [0, 0.1) is 0 Å². The molecule has 4 heteroatoms. The van der Waals surface area contributed by atoms with Crippen LogP contribution in [0.1, 0.15) is 20.8 Å². The van der Waals surface area contributed by atoms with Crippen molar-refractivity contribution < 1.29 is 14.6 Å². The molecule has 0 fully saturated rings. The van der Waals surface area contributed by atoms with Crippen molar-refractivity contribution >= 4 is 0 Å². The first-order valence-electron chi connectivity index (χ1n) is 5.09. The first-order valence-corrected chi connectivity index (χ1v) is 5.09. The van der Waals surface area contributed by atoms with Crippen molar-refractivity contribution in [3.8, 4) is 0 Å². The highest BCUT2D eigenvalue weighted by Gasteiger charge is 2.06. The van der Waals surface area contributed by atoms with Gasteiger partial charge < -0.3 is 19.9 Å². The van der Waals surface area contributed by atoms with Gasteiger partial charge in [-0.15, -0.1) is 0 Å². The first-order chi connectivity index (χ1) is 6.56. The van der Waals surface area contributed by atoms with Gasteiger partial charge in [-0.3, -0.25) is 0 Å². The standard InChI is InChI=1S/C10H23NO3/c1-8(2)14-7-10(12)6-11-5-9(3)13-4/h8-12H,5-7H2,1-4H3. The van der Waals surface area contributed by atoms with Crippen LogP contribution in [0.5, 0.6) is 0 Å². The molecule has 2 unspecified atom stereocenters. The molecular weight excluding hydrogens is 182 g/mol. The fourth-order valence-electron chi connectivity index (χ4n) is 0.899. The molecule has 0 radical (unpaired) electrons. The smallest absolute Gasteiger partial charge is 0.0897 e. The zero-order valence-electron chi connectivity index (χ0n) is 9.62. The lowest BCUT2D eigenvalue weighted by Crippen LogP contribution is -2.35. The number of nitrogens with one attached hydrogen (secondary N) is 1.